The van der Waals surface area contributed by atoms with Gasteiger partial charge in [0.25, 0.3) is 0 Å². The number of hydrogen-bond acceptors (Lipinski definition) is 3. The average Bonchev–Trinajstić information content (AvgIpc) is 3.29. The zero-order valence-electron chi connectivity index (χ0n) is 15.6. The van der Waals surface area contributed by atoms with Crippen LogP contribution in [-0.4, -0.2) is 17.3 Å². The molecule has 1 atom stereocenters. The van der Waals surface area contributed by atoms with Crippen molar-refractivity contribution in [3.8, 4) is 0 Å². The highest BCUT2D eigenvalue weighted by Crippen LogP contribution is 2.48. The SMILES string of the molecule is O=C(CC(C(=C1SCCS1)c1ccccc1)c1ccccc1)c1ccccc1. The van der Waals surface area contributed by atoms with Crippen LogP contribution in [0.5, 0.6) is 0 Å². The standard InChI is InChI=1S/C25H22OS2/c26-23(20-12-6-2-7-13-20)18-22(19-10-4-1-5-11-19)24(25-27-16-17-28-25)21-14-8-3-9-15-21/h1-15,22H,16-18H2. The summed E-state index contributed by atoms with van der Waals surface area (Å²) in [5.41, 5.74) is 4.50. The van der Waals surface area contributed by atoms with Crippen molar-refractivity contribution in [2.75, 3.05) is 11.5 Å². The van der Waals surface area contributed by atoms with E-state index >= 15 is 0 Å². The van der Waals surface area contributed by atoms with Crippen molar-refractivity contribution in [2.24, 2.45) is 0 Å². The highest BCUT2D eigenvalue weighted by atomic mass is 32.2. The fourth-order valence-corrected chi connectivity index (χ4v) is 6.25. The Kier molecular flexibility index (Phi) is 6.35. The summed E-state index contributed by atoms with van der Waals surface area (Å²) in [6.07, 6.45) is 0.475. The summed E-state index contributed by atoms with van der Waals surface area (Å²) in [6, 6.07) is 30.7. The highest BCUT2D eigenvalue weighted by Gasteiger charge is 2.27. The molecular formula is C25H22OS2. The zero-order chi connectivity index (χ0) is 19.2. The van der Waals surface area contributed by atoms with Gasteiger partial charge < -0.3 is 0 Å². The summed E-state index contributed by atoms with van der Waals surface area (Å²) in [5.74, 6) is 2.50. The molecule has 0 spiro atoms. The van der Waals surface area contributed by atoms with Crippen molar-refractivity contribution in [3.05, 3.63) is 112 Å². The van der Waals surface area contributed by atoms with Gasteiger partial charge in [-0.25, -0.2) is 0 Å². The van der Waals surface area contributed by atoms with Crippen molar-refractivity contribution >= 4 is 34.9 Å². The maximum atomic E-state index is 13.1. The van der Waals surface area contributed by atoms with Crippen LogP contribution in [0.15, 0.2) is 95.2 Å². The third-order valence-corrected chi connectivity index (χ3v) is 7.64. The van der Waals surface area contributed by atoms with Gasteiger partial charge in [-0.15, -0.1) is 23.5 Å². The highest BCUT2D eigenvalue weighted by molar-refractivity contribution is 8.25. The molecule has 1 unspecified atom stereocenters. The quantitative estimate of drug-likeness (QED) is 0.418. The van der Waals surface area contributed by atoms with E-state index in [0.717, 1.165) is 17.1 Å². The van der Waals surface area contributed by atoms with Crippen LogP contribution in [0.25, 0.3) is 5.57 Å². The van der Waals surface area contributed by atoms with Crippen LogP contribution in [0.4, 0.5) is 0 Å². The van der Waals surface area contributed by atoms with Crippen molar-refractivity contribution in [2.45, 2.75) is 12.3 Å². The number of ketones is 1. The largest absolute Gasteiger partial charge is 0.294 e. The minimum absolute atomic E-state index is 0.0457. The van der Waals surface area contributed by atoms with Crippen molar-refractivity contribution in [3.63, 3.8) is 0 Å². The second-order valence-electron chi connectivity index (χ2n) is 6.72. The number of allylic oxidation sites excluding steroid dienone is 1. The monoisotopic (exact) mass is 402 g/mol. The van der Waals surface area contributed by atoms with E-state index in [1.165, 1.54) is 20.9 Å². The summed E-state index contributed by atoms with van der Waals surface area (Å²) in [7, 11) is 0. The van der Waals surface area contributed by atoms with Crippen LogP contribution in [0.3, 0.4) is 0 Å². The van der Waals surface area contributed by atoms with Gasteiger partial charge in [0.05, 0.1) is 0 Å². The molecule has 1 heterocycles. The predicted molar refractivity (Wildman–Crippen MR) is 123 cm³/mol. The van der Waals surface area contributed by atoms with Crippen molar-refractivity contribution in [1.29, 1.82) is 0 Å². The first kappa shape index (κ1) is 19.1. The topological polar surface area (TPSA) is 17.1 Å². The van der Waals surface area contributed by atoms with Gasteiger partial charge in [0.1, 0.15) is 0 Å². The molecule has 0 amide bonds. The third-order valence-electron chi connectivity index (χ3n) is 4.89. The lowest BCUT2D eigenvalue weighted by molar-refractivity contribution is 0.0979. The number of hydrogen-bond donors (Lipinski definition) is 0. The number of carbonyl (C=O) groups excluding carboxylic acids is 1. The van der Waals surface area contributed by atoms with E-state index in [1.807, 2.05) is 66.0 Å². The number of thioether (sulfide) groups is 2. The van der Waals surface area contributed by atoms with Gasteiger partial charge in [0, 0.05) is 33.6 Å². The lowest BCUT2D eigenvalue weighted by atomic mass is 9.83. The normalized spacial score (nSPS) is 14.6. The molecule has 1 saturated heterocycles. The lowest BCUT2D eigenvalue weighted by Gasteiger charge is -2.23. The van der Waals surface area contributed by atoms with E-state index < -0.39 is 0 Å². The minimum atomic E-state index is 0.0457. The summed E-state index contributed by atoms with van der Waals surface area (Å²) in [4.78, 5) is 13.1. The van der Waals surface area contributed by atoms with Crippen LogP contribution >= 0.6 is 23.5 Å². The number of Topliss-reactive ketones (excluding diaryl/α,β-unsaturated/α-hetero) is 1. The molecule has 0 N–H and O–H groups in total. The minimum Gasteiger partial charge on any atom is -0.294 e. The Labute approximate surface area is 175 Å². The first-order valence-corrected chi connectivity index (χ1v) is 11.5. The van der Waals surface area contributed by atoms with Gasteiger partial charge in [0.2, 0.25) is 0 Å². The van der Waals surface area contributed by atoms with Crippen molar-refractivity contribution in [1.82, 2.24) is 0 Å². The first-order valence-electron chi connectivity index (χ1n) is 9.51. The second kappa shape index (κ2) is 9.31. The number of benzene rings is 3. The van der Waals surface area contributed by atoms with E-state index in [-0.39, 0.29) is 11.7 Å². The van der Waals surface area contributed by atoms with Crippen LogP contribution in [-0.2, 0) is 0 Å². The molecule has 1 aliphatic rings. The first-order chi connectivity index (χ1) is 13.8. The van der Waals surface area contributed by atoms with Crippen molar-refractivity contribution < 1.29 is 4.79 Å². The van der Waals surface area contributed by atoms with E-state index in [4.69, 9.17) is 0 Å². The summed E-state index contributed by atoms with van der Waals surface area (Å²) in [5, 5.41) is 0. The predicted octanol–water partition coefficient (Wildman–Crippen LogP) is 6.89. The van der Waals surface area contributed by atoms with Gasteiger partial charge in [0.15, 0.2) is 5.78 Å². The number of carbonyl (C=O) groups is 1. The molecule has 4 rings (SSSR count). The smallest absolute Gasteiger partial charge is 0.163 e. The van der Waals surface area contributed by atoms with Gasteiger partial charge >= 0.3 is 0 Å². The molecule has 0 bridgehead atoms. The van der Waals surface area contributed by atoms with Gasteiger partial charge in [-0.05, 0) is 16.7 Å². The Morgan fingerprint density at radius 3 is 1.79 bits per heavy atom. The fourth-order valence-electron chi connectivity index (χ4n) is 3.54. The molecule has 28 heavy (non-hydrogen) atoms. The Morgan fingerprint density at radius 2 is 1.21 bits per heavy atom. The third kappa shape index (κ3) is 4.43. The van der Waals surface area contributed by atoms with E-state index in [1.54, 1.807) is 0 Å². The number of rotatable bonds is 6. The molecule has 1 fully saturated rings. The molecule has 0 aromatic heterocycles. The Morgan fingerprint density at radius 1 is 0.714 bits per heavy atom. The summed E-state index contributed by atoms with van der Waals surface area (Å²) in [6.45, 7) is 0. The molecule has 1 aliphatic heterocycles. The molecule has 0 aliphatic carbocycles. The molecule has 3 aromatic carbocycles. The molecular weight excluding hydrogens is 380 g/mol. The van der Waals surface area contributed by atoms with Crippen LogP contribution in [0.1, 0.15) is 33.8 Å². The maximum Gasteiger partial charge on any atom is 0.163 e. The molecule has 3 aromatic rings. The second-order valence-corrected chi connectivity index (χ2v) is 9.19. The van der Waals surface area contributed by atoms with E-state index in [0.29, 0.717) is 6.42 Å². The Bertz CT molecular complexity index is 942. The zero-order valence-corrected chi connectivity index (χ0v) is 17.2. The summed E-state index contributed by atoms with van der Waals surface area (Å²) >= 11 is 3.84. The van der Waals surface area contributed by atoms with Crippen LogP contribution < -0.4 is 0 Å². The molecule has 140 valence electrons. The van der Waals surface area contributed by atoms with E-state index in [2.05, 4.69) is 48.5 Å². The lowest BCUT2D eigenvalue weighted by Crippen LogP contribution is -2.10. The fraction of sp³-hybridized carbons (Fsp3) is 0.160. The molecule has 1 nitrogen and oxygen atoms in total. The summed E-state index contributed by atoms with van der Waals surface area (Å²) < 4.78 is 1.36. The molecule has 0 saturated carbocycles. The maximum absolute atomic E-state index is 13.1. The Hall–Kier alpha value is -2.23. The van der Waals surface area contributed by atoms with Gasteiger partial charge in [-0.1, -0.05) is 91.0 Å². The Balaban J connectivity index is 1.79. The molecule has 3 heteroatoms. The van der Waals surface area contributed by atoms with Crippen LogP contribution in [0, 0.1) is 0 Å². The van der Waals surface area contributed by atoms with Crippen LogP contribution in [0.2, 0.25) is 0 Å². The van der Waals surface area contributed by atoms with Gasteiger partial charge in [-0.2, -0.15) is 0 Å². The average molecular weight is 403 g/mol. The molecule has 0 radical (unpaired) electrons. The van der Waals surface area contributed by atoms with Gasteiger partial charge in [-0.3, -0.25) is 4.79 Å². The van der Waals surface area contributed by atoms with E-state index in [9.17, 15) is 4.79 Å².